The minimum atomic E-state index is -1.11. The highest BCUT2D eigenvalue weighted by atomic mass is 16.6. The zero-order valence-corrected chi connectivity index (χ0v) is 11.9. The van der Waals surface area contributed by atoms with Crippen LogP contribution in [0, 0.1) is 12.3 Å². The Morgan fingerprint density at radius 1 is 1.30 bits per heavy atom. The molecule has 1 aromatic rings. The van der Waals surface area contributed by atoms with E-state index in [1.54, 1.807) is 26.8 Å². The molecule has 1 N–H and O–H groups in total. The number of carbonyl (C=O) groups excluding carboxylic acids is 1. The molecule has 20 heavy (non-hydrogen) atoms. The molecule has 0 saturated heterocycles. The lowest BCUT2D eigenvalue weighted by molar-refractivity contribution is 0.0587. The van der Waals surface area contributed by atoms with Crippen LogP contribution in [0.25, 0.3) is 0 Å². The van der Waals surface area contributed by atoms with Crippen LogP contribution in [-0.2, 0) is 4.74 Å². The normalized spacial score (nSPS) is 10.6. The van der Waals surface area contributed by atoms with Gasteiger partial charge in [-0.05, 0) is 39.0 Å². The number of amides is 1. The minimum Gasteiger partial charge on any atom is -0.478 e. The van der Waals surface area contributed by atoms with Crippen molar-refractivity contribution in [3.8, 4) is 12.3 Å². The lowest BCUT2D eigenvalue weighted by Crippen LogP contribution is -2.34. The highest BCUT2D eigenvalue weighted by molar-refractivity contribution is 5.93. The molecule has 0 bridgehead atoms. The summed E-state index contributed by atoms with van der Waals surface area (Å²) in [6.07, 6.45) is 4.71. The van der Waals surface area contributed by atoms with Crippen LogP contribution in [0.4, 0.5) is 10.5 Å². The third-order valence-corrected chi connectivity index (χ3v) is 2.39. The van der Waals surface area contributed by atoms with Crippen LogP contribution >= 0.6 is 0 Å². The molecule has 0 atom stereocenters. The molecule has 0 fully saturated rings. The van der Waals surface area contributed by atoms with Gasteiger partial charge >= 0.3 is 12.1 Å². The first-order valence-corrected chi connectivity index (χ1v) is 5.96. The first-order valence-electron chi connectivity index (χ1n) is 5.96. The zero-order chi connectivity index (χ0) is 15.5. The Morgan fingerprint density at radius 3 is 2.35 bits per heavy atom. The zero-order valence-electron chi connectivity index (χ0n) is 11.9. The Kier molecular flexibility index (Phi) is 4.41. The molecular formula is C15H17NO4. The monoisotopic (exact) mass is 275 g/mol. The SMILES string of the molecule is C#Cc1cc(C(=O)O)cc(N(C)C(=O)OC(C)(C)C)c1. The van der Waals surface area contributed by atoms with Crippen molar-refractivity contribution in [3.05, 3.63) is 29.3 Å². The van der Waals surface area contributed by atoms with Gasteiger partial charge in [-0.2, -0.15) is 0 Å². The summed E-state index contributed by atoms with van der Waals surface area (Å²) >= 11 is 0. The fourth-order valence-electron chi connectivity index (χ4n) is 1.45. The molecule has 106 valence electrons. The molecule has 0 heterocycles. The number of hydrogen-bond donors (Lipinski definition) is 1. The number of rotatable bonds is 2. The number of ether oxygens (including phenoxy) is 1. The van der Waals surface area contributed by atoms with Gasteiger partial charge in [-0.1, -0.05) is 5.92 Å². The maximum absolute atomic E-state index is 11.9. The van der Waals surface area contributed by atoms with E-state index in [0.717, 1.165) is 0 Å². The van der Waals surface area contributed by atoms with Crippen LogP contribution in [0.5, 0.6) is 0 Å². The minimum absolute atomic E-state index is 0.0193. The lowest BCUT2D eigenvalue weighted by Gasteiger charge is -2.25. The molecule has 0 aliphatic heterocycles. The molecule has 0 aliphatic rings. The van der Waals surface area contributed by atoms with Crippen LogP contribution in [0.3, 0.4) is 0 Å². The Labute approximate surface area is 118 Å². The standard InChI is InChI=1S/C15H17NO4/c1-6-10-7-11(13(17)18)9-12(8-10)16(5)14(19)20-15(2,3)4/h1,7-9H,2-5H3,(H,17,18). The van der Waals surface area contributed by atoms with E-state index in [1.807, 2.05) is 0 Å². The number of aromatic carboxylic acids is 1. The van der Waals surface area contributed by atoms with Gasteiger partial charge in [-0.3, -0.25) is 4.90 Å². The summed E-state index contributed by atoms with van der Waals surface area (Å²) in [7, 11) is 1.50. The van der Waals surface area contributed by atoms with Gasteiger partial charge in [-0.25, -0.2) is 9.59 Å². The van der Waals surface area contributed by atoms with Crippen molar-refractivity contribution >= 4 is 17.7 Å². The predicted molar refractivity (Wildman–Crippen MR) is 76.0 cm³/mol. The van der Waals surface area contributed by atoms with Gasteiger partial charge in [0.05, 0.1) is 5.56 Å². The van der Waals surface area contributed by atoms with E-state index in [-0.39, 0.29) is 5.56 Å². The van der Waals surface area contributed by atoms with E-state index in [2.05, 4.69) is 5.92 Å². The van der Waals surface area contributed by atoms with E-state index in [0.29, 0.717) is 11.3 Å². The topological polar surface area (TPSA) is 66.8 Å². The van der Waals surface area contributed by atoms with Gasteiger partial charge in [0.1, 0.15) is 5.60 Å². The van der Waals surface area contributed by atoms with Crippen LogP contribution in [0.1, 0.15) is 36.7 Å². The van der Waals surface area contributed by atoms with Crippen LogP contribution in [0.2, 0.25) is 0 Å². The first kappa shape index (κ1) is 15.6. The second-order valence-electron chi connectivity index (χ2n) is 5.26. The predicted octanol–water partition coefficient (Wildman–Crippen LogP) is 2.74. The molecule has 0 unspecified atom stereocenters. The Balaban J connectivity index is 3.13. The summed E-state index contributed by atoms with van der Waals surface area (Å²) < 4.78 is 5.22. The summed E-state index contributed by atoms with van der Waals surface area (Å²) in [5.41, 5.74) is 0.137. The average Bonchev–Trinajstić information content (AvgIpc) is 2.35. The van der Waals surface area contributed by atoms with E-state index in [1.165, 1.54) is 24.1 Å². The molecule has 5 heteroatoms. The second kappa shape index (κ2) is 5.66. The molecule has 1 amide bonds. The van der Waals surface area contributed by atoms with Crippen LogP contribution in [0.15, 0.2) is 18.2 Å². The van der Waals surface area contributed by atoms with Crippen molar-refractivity contribution in [1.82, 2.24) is 0 Å². The molecule has 0 saturated carbocycles. The van der Waals surface area contributed by atoms with E-state index >= 15 is 0 Å². The summed E-state index contributed by atoms with van der Waals surface area (Å²) in [5, 5.41) is 9.03. The van der Waals surface area contributed by atoms with Gasteiger partial charge in [-0.15, -0.1) is 6.42 Å². The number of hydrogen-bond acceptors (Lipinski definition) is 3. The third kappa shape index (κ3) is 4.02. The average molecular weight is 275 g/mol. The van der Waals surface area contributed by atoms with Gasteiger partial charge in [0.2, 0.25) is 0 Å². The van der Waals surface area contributed by atoms with E-state index < -0.39 is 17.7 Å². The number of terminal acetylenes is 1. The molecule has 0 aromatic heterocycles. The van der Waals surface area contributed by atoms with Crippen molar-refractivity contribution in [2.45, 2.75) is 26.4 Å². The van der Waals surface area contributed by atoms with Gasteiger partial charge in [0, 0.05) is 18.3 Å². The molecule has 0 spiro atoms. The number of carbonyl (C=O) groups is 2. The van der Waals surface area contributed by atoms with Crippen molar-refractivity contribution in [1.29, 1.82) is 0 Å². The smallest absolute Gasteiger partial charge is 0.414 e. The Bertz CT molecular complexity index is 579. The number of anilines is 1. The summed E-state index contributed by atoms with van der Waals surface area (Å²) in [5.74, 6) is 1.25. The van der Waals surface area contributed by atoms with Crippen LogP contribution in [-0.4, -0.2) is 29.8 Å². The molecular weight excluding hydrogens is 258 g/mol. The fraction of sp³-hybridized carbons (Fsp3) is 0.333. The molecule has 1 rings (SSSR count). The highest BCUT2D eigenvalue weighted by Crippen LogP contribution is 2.20. The summed E-state index contributed by atoms with van der Waals surface area (Å²) in [6, 6.07) is 4.29. The number of carboxylic acids is 1. The van der Waals surface area contributed by atoms with Crippen molar-refractivity contribution < 1.29 is 19.4 Å². The van der Waals surface area contributed by atoms with Gasteiger partial charge < -0.3 is 9.84 Å². The third-order valence-electron chi connectivity index (χ3n) is 2.39. The molecule has 0 radical (unpaired) electrons. The molecule has 0 aliphatic carbocycles. The van der Waals surface area contributed by atoms with Crippen molar-refractivity contribution in [2.24, 2.45) is 0 Å². The highest BCUT2D eigenvalue weighted by Gasteiger charge is 2.21. The first-order chi connectivity index (χ1) is 9.14. The van der Waals surface area contributed by atoms with Gasteiger partial charge in [0.15, 0.2) is 0 Å². The van der Waals surface area contributed by atoms with E-state index in [9.17, 15) is 9.59 Å². The number of nitrogens with zero attached hydrogens (tertiary/aromatic N) is 1. The quantitative estimate of drug-likeness (QED) is 0.843. The maximum atomic E-state index is 11.9. The lowest BCUT2D eigenvalue weighted by atomic mass is 10.1. The van der Waals surface area contributed by atoms with Gasteiger partial charge in [0.25, 0.3) is 0 Å². The Morgan fingerprint density at radius 2 is 1.90 bits per heavy atom. The molecule has 1 aromatic carbocycles. The number of benzene rings is 1. The summed E-state index contributed by atoms with van der Waals surface area (Å²) in [6.45, 7) is 5.25. The molecule has 5 nitrogen and oxygen atoms in total. The maximum Gasteiger partial charge on any atom is 0.414 e. The summed E-state index contributed by atoms with van der Waals surface area (Å²) in [4.78, 5) is 24.2. The van der Waals surface area contributed by atoms with Crippen molar-refractivity contribution in [2.75, 3.05) is 11.9 Å². The largest absolute Gasteiger partial charge is 0.478 e. The number of carboxylic acid groups (broad SMARTS) is 1. The van der Waals surface area contributed by atoms with E-state index in [4.69, 9.17) is 16.3 Å². The Hall–Kier alpha value is -2.48. The van der Waals surface area contributed by atoms with Crippen molar-refractivity contribution in [3.63, 3.8) is 0 Å². The van der Waals surface area contributed by atoms with Crippen LogP contribution < -0.4 is 4.90 Å². The second-order valence-corrected chi connectivity index (χ2v) is 5.26. The fourth-order valence-corrected chi connectivity index (χ4v) is 1.45.